The van der Waals surface area contributed by atoms with Crippen LogP contribution >= 0.6 is 0 Å². The molecule has 0 spiro atoms. The Hall–Kier alpha value is -4.03. The third-order valence-electron chi connectivity index (χ3n) is 8.29. The summed E-state index contributed by atoms with van der Waals surface area (Å²) in [7, 11) is 0. The van der Waals surface area contributed by atoms with Gasteiger partial charge < -0.3 is 74.7 Å². The first kappa shape index (κ1) is 56.0. The second kappa shape index (κ2) is 39.8. The SMILES string of the molecule is CC(C)[C@H](NC(=O)COCC(=O)NCCOCCOCCOCCOCCOCCOCCOCCOCCN=[N+]=[N-])C(=O)N[C@@H](CCCCN)C(=O)Nc1ccc(CO)cc1. The van der Waals surface area contributed by atoms with E-state index in [0.29, 0.717) is 143 Å². The zero-order valence-corrected chi connectivity index (χ0v) is 36.4. The number of nitrogens with one attached hydrogen (secondary N) is 4. The number of unbranched alkanes of at least 4 members (excludes halogenated alkanes) is 1. The maximum Gasteiger partial charge on any atom is 0.246 e. The fourth-order valence-corrected chi connectivity index (χ4v) is 5.04. The number of rotatable bonds is 42. The number of anilines is 1. The quantitative estimate of drug-likeness (QED) is 0.0225. The lowest BCUT2D eigenvalue weighted by molar-refractivity contribution is -0.135. The Kier molecular flexibility index (Phi) is 35.9. The van der Waals surface area contributed by atoms with Crippen LogP contribution < -0.4 is 27.0 Å². The van der Waals surface area contributed by atoms with Gasteiger partial charge in [-0.1, -0.05) is 31.1 Å². The molecule has 1 aromatic carbocycles. The third-order valence-corrected chi connectivity index (χ3v) is 8.29. The van der Waals surface area contributed by atoms with Crippen LogP contribution in [0.15, 0.2) is 29.4 Å². The molecule has 1 rings (SSSR count). The van der Waals surface area contributed by atoms with Gasteiger partial charge in [0.25, 0.3) is 0 Å². The van der Waals surface area contributed by atoms with Crippen LogP contribution in [0.25, 0.3) is 10.4 Å². The molecule has 0 aromatic heterocycles. The number of benzene rings is 1. The fraction of sp³-hybridized carbons (Fsp3) is 0.750. The molecule has 22 nitrogen and oxygen atoms in total. The van der Waals surface area contributed by atoms with Crippen molar-refractivity contribution in [3.63, 3.8) is 0 Å². The van der Waals surface area contributed by atoms with E-state index < -0.39 is 42.3 Å². The maximum atomic E-state index is 13.3. The van der Waals surface area contributed by atoms with E-state index in [9.17, 15) is 24.3 Å². The molecule has 0 saturated carbocycles. The molecule has 0 aliphatic heterocycles. The van der Waals surface area contributed by atoms with Crippen molar-refractivity contribution < 1.29 is 66.9 Å². The highest BCUT2D eigenvalue weighted by atomic mass is 16.6. The Bertz CT molecular complexity index is 1360. The first-order chi connectivity index (χ1) is 30.2. The molecule has 2 atom stereocenters. The number of amides is 4. The molecule has 0 heterocycles. The van der Waals surface area contributed by atoms with E-state index in [1.165, 1.54) is 0 Å². The molecule has 1 aromatic rings. The molecule has 22 heteroatoms. The fourth-order valence-electron chi connectivity index (χ4n) is 5.04. The second-order valence-corrected chi connectivity index (χ2v) is 13.7. The number of nitrogens with two attached hydrogens (primary N) is 1. The Labute approximate surface area is 364 Å². The first-order valence-electron chi connectivity index (χ1n) is 21.0. The van der Waals surface area contributed by atoms with Crippen LogP contribution in [0.3, 0.4) is 0 Å². The zero-order valence-electron chi connectivity index (χ0n) is 36.4. The van der Waals surface area contributed by atoms with E-state index in [0.717, 1.165) is 0 Å². The molecule has 0 fully saturated rings. The van der Waals surface area contributed by atoms with Crippen molar-refractivity contribution in [1.29, 1.82) is 0 Å². The van der Waals surface area contributed by atoms with E-state index in [-0.39, 0.29) is 32.3 Å². The van der Waals surface area contributed by atoms with Crippen molar-refractivity contribution in [3.8, 4) is 0 Å². The minimum Gasteiger partial charge on any atom is -0.392 e. The molecule has 0 bridgehead atoms. The summed E-state index contributed by atoms with van der Waals surface area (Å²) >= 11 is 0. The van der Waals surface area contributed by atoms with Gasteiger partial charge in [0.15, 0.2) is 0 Å². The topological polar surface area (TPSA) is 294 Å². The smallest absolute Gasteiger partial charge is 0.246 e. The molecule has 0 unspecified atom stereocenters. The van der Waals surface area contributed by atoms with E-state index in [1.807, 2.05) is 0 Å². The van der Waals surface area contributed by atoms with Crippen molar-refractivity contribution in [1.82, 2.24) is 16.0 Å². The second-order valence-electron chi connectivity index (χ2n) is 13.7. The van der Waals surface area contributed by atoms with Crippen molar-refractivity contribution >= 4 is 29.3 Å². The Morgan fingerprint density at radius 2 is 1.15 bits per heavy atom. The Morgan fingerprint density at radius 3 is 1.61 bits per heavy atom. The number of azide groups is 1. The molecular formula is C40H70N8O14. The maximum absolute atomic E-state index is 13.3. The normalized spacial score (nSPS) is 12.1. The van der Waals surface area contributed by atoms with Crippen LogP contribution in [0, 0.1) is 5.92 Å². The molecular weight excluding hydrogens is 816 g/mol. The highest BCUT2D eigenvalue weighted by Crippen LogP contribution is 2.12. The number of ether oxygens (including phenoxy) is 9. The lowest BCUT2D eigenvalue weighted by Crippen LogP contribution is -2.55. The lowest BCUT2D eigenvalue weighted by Gasteiger charge is -2.25. The number of aliphatic hydroxyl groups is 1. The average molecular weight is 887 g/mol. The van der Waals surface area contributed by atoms with Gasteiger partial charge >= 0.3 is 0 Å². The number of carbonyl (C=O) groups excluding carboxylic acids is 4. The van der Waals surface area contributed by atoms with Crippen LogP contribution in [0.5, 0.6) is 0 Å². The van der Waals surface area contributed by atoms with Gasteiger partial charge in [0.1, 0.15) is 25.3 Å². The van der Waals surface area contributed by atoms with E-state index >= 15 is 0 Å². The van der Waals surface area contributed by atoms with Crippen LogP contribution in [0.2, 0.25) is 0 Å². The van der Waals surface area contributed by atoms with Gasteiger partial charge in [-0.3, -0.25) is 19.2 Å². The van der Waals surface area contributed by atoms with Gasteiger partial charge in [-0.05, 0) is 55.0 Å². The van der Waals surface area contributed by atoms with E-state index in [2.05, 4.69) is 31.3 Å². The minimum atomic E-state index is -0.961. The summed E-state index contributed by atoms with van der Waals surface area (Å²) in [5.74, 6) is -2.31. The summed E-state index contributed by atoms with van der Waals surface area (Å²) in [6.07, 6.45) is 1.60. The number of carbonyl (C=O) groups is 4. The van der Waals surface area contributed by atoms with Crippen molar-refractivity contribution in [2.24, 2.45) is 16.8 Å². The van der Waals surface area contributed by atoms with Crippen LogP contribution in [-0.4, -0.2) is 179 Å². The number of hydrogen-bond donors (Lipinski definition) is 6. The molecule has 0 radical (unpaired) electrons. The lowest BCUT2D eigenvalue weighted by atomic mass is 10.0. The van der Waals surface area contributed by atoms with Gasteiger partial charge in [-0.2, -0.15) is 0 Å². The van der Waals surface area contributed by atoms with E-state index in [1.54, 1.807) is 38.1 Å². The third kappa shape index (κ3) is 31.8. The molecule has 0 saturated heterocycles. The highest BCUT2D eigenvalue weighted by Gasteiger charge is 2.29. The minimum absolute atomic E-state index is 0.127. The van der Waals surface area contributed by atoms with Gasteiger partial charge in [-0.25, -0.2) is 0 Å². The summed E-state index contributed by atoms with van der Waals surface area (Å²) in [4.78, 5) is 53.8. The summed E-state index contributed by atoms with van der Waals surface area (Å²) in [6.45, 7) is 10.1. The van der Waals surface area contributed by atoms with Crippen molar-refractivity contribution in [3.05, 3.63) is 40.3 Å². The first-order valence-corrected chi connectivity index (χ1v) is 21.0. The summed E-state index contributed by atoms with van der Waals surface area (Å²) in [6, 6.07) is 4.84. The van der Waals surface area contributed by atoms with Gasteiger partial charge in [0, 0.05) is 23.7 Å². The molecule has 354 valence electrons. The number of nitrogens with zero attached hydrogens (tertiary/aromatic N) is 3. The monoisotopic (exact) mass is 887 g/mol. The largest absolute Gasteiger partial charge is 0.392 e. The van der Waals surface area contributed by atoms with E-state index in [4.69, 9.17) is 53.9 Å². The number of aliphatic hydroxyl groups excluding tert-OH is 1. The van der Waals surface area contributed by atoms with Gasteiger partial charge in [0.2, 0.25) is 23.6 Å². The summed E-state index contributed by atoms with van der Waals surface area (Å²) in [5, 5.41) is 23.4. The van der Waals surface area contributed by atoms with Crippen LogP contribution in [-0.2, 0) is 68.4 Å². The average Bonchev–Trinajstić information content (AvgIpc) is 3.26. The molecule has 62 heavy (non-hydrogen) atoms. The molecule has 4 amide bonds. The molecule has 0 aliphatic rings. The van der Waals surface area contributed by atoms with Crippen LogP contribution in [0.4, 0.5) is 5.69 Å². The van der Waals surface area contributed by atoms with Crippen molar-refractivity contribution in [2.45, 2.75) is 51.8 Å². The summed E-state index contributed by atoms with van der Waals surface area (Å²) in [5.41, 5.74) is 15.0. The Morgan fingerprint density at radius 1 is 0.661 bits per heavy atom. The van der Waals surface area contributed by atoms with Crippen LogP contribution in [0.1, 0.15) is 38.7 Å². The Balaban J connectivity index is 2.04. The molecule has 7 N–H and O–H groups in total. The highest BCUT2D eigenvalue weighted by molar-refractivity contribution is 5.98. The summed E-state index contributed by atoms with van der Waals surface area (Å²) < 4.78 is 48.5. The molecule has 0 aliphatic carbocycles. The standard InChI is InChI=1S/C40H70N8O14/c1-32(2)38(40(53)46-35(5-3-4-10-41)39(52)45-34-8-6-33(29-49)7-9-34)47-37(51)31-62-30-36(50)43-11-13-54-15-17-56-19-21-58-23-25-60-27-28-61-26-24-59-22-20-57-18-16-55-14-12-44-48-42/h6-9,32,35,38,49H,3-5,10-31,41H2,1-2H3,(H,43,50)(H,45,52)(H,46,53)(H,47,51)/t35-,38-/m0/s1. The number of hydrogen-bond acceptors (Lipinski definition) is 16. The van der Waals surface area contributed by atoms with Gasteiger partial charge in [0.05, 0.1) is 112 Å². The van der Waals surface area contributed by atoms with Gasteiger partial charge in [-0.15, -0.1) is 0 Å². The zero-order chi connectivity index (χ0) is 45.3. The predicted molar refractivity (Wildman–Crippen MR) is 227 cm³/mol. The van der Waals surface area contributed by atoms with Crippen molar-refractivity contribution in [2.75, 3.05) is 144 Å². The predicted octanol–water partition coefficient (Wildman–Crippen LogP) is 0.448.